The molecule has 166 valence electrons. The van der Waals surface area contributed by atoms with Gasteiger partial charge in [0, 0.05) is 5.69 Å². The second-order valence-corrected chi connectivity index (χ2v) is 8.46. The molecule has 1 saturated heterocycles. The number of carbonyl (C=O) groups excluding carboxylic acids is 4. The maximum atomic E-state index is 12.7. The minimum Gasteiger partial charge on any atom is -0.482 e. The lowest BCUT2D eigenvalue weighted by Crippen LogP contribution is -2.36. The van der Waals surface area contributed by atoms with Crippen LogP contribution in [-0.4, -0.2) is 41.0 Å². The summed E-state index contributed by atoms with van der Waals surface area (Å²) in [5, 5.41) is 2.37. The standard InChI is InChI=1S/C22H20ClN3O5S/c1-12-3-5-15(7-13(12)2)25-20(28)10-26-21(29)18(32-22(26)30)9-14-4-6-17(16(23)8-14)31-11-19(24)27/h3-9H,10-11H2,1-2H3,(H2,24,27)(H,25,28). The SMILES string of the molecule is Cc1ccc(NC(=O)CN2C(=O)SC(=Cc3ccc(OCC(N)=O)c(Cl)c3)C2=O)cc1C. The molecule has 10 heteroatoms. The molecule has 0 bridgehead atoms. The number of primary amides is 1. The molecule has 0 aliphatic carbocycles. The normalized spacial score (nSPS) is 14.7. The Hall–Kier alpha value is -3.30. The Balaban J connectivity index is 1.67. The summed E-state index contributed by atoms with van der Waals surface area (Å²) in [5.74, 6) is -1.42. The van der Waals surface area contributed by atoms with Crippen LogP contribution in [-0.2, 0) is 14.4 Å². The molecule has 2 aromatic carbocycles. The minimum atomic E-state index is -0.639. The van der Waals surface area contributed by atoms with Crippen molar-refractivity contribution in [3.05, 3.63) is 63.0 Å². The fraction of sp³-hybridized carbons (Fsp3) is 0.182. The number of hydrogen-bond acceptors (Lipinski definition) is 6. The first-order chi connectivity index (χ1) is 15.1. The van der Waals surface area contributed by atoms with E-state index >= 15 is 0 Å². The Morgan fingerprint density at radius 3 is 2.56 bits per heavy atom. The fourth-order valence-corrected chi connectivity index (χ4v) is 3.91. The summed E-state index contributed by atoms with van der Waals surface area (Å²) in [6, 6.07) is 10.1. The highest BCUT2D eigenvalue weighted by molar-refractivity contribution is 8.18. The van der Waals surface area contributed by atoms with E-state index in [9.17, 15) is 19.2 Å². The second-order valence-electron chi connectivity index (χ2n) is 7.06. The number of anilines is 1. The van der Waals surface area contributed by atoms with Crippen LogP contribution in [0.2, 0.25) is 5.02 Å². The predicted molar refractivity (Wildman–Crippen MR) is 123 cm³/mol. The van der Waals surface area contributed by atoms with Gasteiger partial charge in [-0.2, -0.15) is 0 Å². The average Bonchev–Trinajstić information content (AvgIpc) is 2.97. The first kappa shape index (κ1) is 23.4. The van der Waals surface area contributed by atoms with E-state index in [1.807, 2.05) is 26.0 Å². The van der Waals surface area contributed by atoms with Crippen molar-refractivity contribution in [2.75, 3.05) is 18.5 Å². The van der Waals surface area contributed by atoms with Gasteiger partial charge in [-0.15, -0.1) is 0 Å². The third-order valence-corrected chi connectivity index (χ3v) is 5.79. The lowest BCUT2D eigenvalue weighted by molar-refractivity contribution is -0.127. The highest BCUT2D eigenvalue weighted by Gasteiger charge is 2.36. The van der Waals surface area contributed by atoms with Gasteiger partial charge in [0.1, 0.15) is 12.3 Å². The summed E-state index contributed by atoms with van der Waals surface area (Å²) in [7, 11) is 0. The van der Waals surface area contributed by atoms with Crippen LogP contribution in [0.15, 0.2) is 41.3 Å². The molecule has 3 N–H and O–H groups in total. The number of ether oxygens (including phenoxy) is 1. The number of carbonyl (C=O) groups is 4. The third-order valence-electron chi connectivity index (χ3n) is 4.59. The van der Waals surface area contributed by atoms with E-state index in [1.165, 1.54) is 18.2 Å². The summed E-state index contributed by atoms with van der Waals surface area (Å²) in [5.41, 5.74) is 8.28. The zero-order chi connectivity index (χ0) is 23.4. The van der Waals surface area contributed by atoms with Crippen molar-refractivity contribution in [3.63, 3.8) is 0 Å². The maximum Gasteiger partial charge on any atom is 0.294 e. The van der Waals surface area contributed by atoms with Crippen LogP contribution in [0.4, 0.5) is 10.5 Å². The molecule has 8 nitrogen and oxygen atoms in total. The van der Waals surface area contributed by atoms with Crippen molar-refractivity contribution in [1.29, 1.82) is 0 Å². The number of halogens is 1. The number of aryl methyl sites for hydroxylation is 2. The molecule has 0 unspecified atom stereocenters. The van der Waals surface area contributed by atoms with Crippen molar-refractivity contribution in [3.8, 4) is 5.75 Å². The fourth-order valence-electron chi connectivity index (χ4n) is 2.82. The Kier molecular flexibility index (Phi) is 7.22. The van der Waals surface area contributed by atoms with Gasteiger partial charge in [0.25, 0.3) is 17.1 Å². The van der Waals surface area contributed by atoms with E-state index in [4.69, 9.17) is 22.1 Å². The van der Waals surface area contributed by atoms with Gasteiger partial charge in [-0.1, -0.05) is 23.7 Å². The molecule has 32 heavy (non-hydrogen) atoms. The first-order valence-electron chi connectivity index (χ1n) is 9.47. The summed E-state index contributed by atoms with van der Waals surface area (Å²) in [6.07, 6.45) is 1.50. The number of imide groups is 1. The quantitative estimate of drug-likeness (QED) is 0.594. The molecular formula is C22H20ClN3O5S. The second kappa shape index (κ2) is 9.88. The molecular weight excluding hydrogens is 454 g/mol. The molecule has 0 atom stereocenters. The van der Waals surface area contributed by atoms with E-state index in [1.54, 1.807) is 12.1 Å². The van der Waals surface area contributed by atoms with Crippen molar-refractivity contribution in [2.45, 2.75) is 13.8 Å². The Bertz CT molecular complexity index is 1150. The van der Waals surface area contributed by atoms with Gasteiger partial charge in [-0.3, -0.25) is 24.1 Å². The molecule has 3 rings (SSSR count). The Morgan fingerprint density at radius 1 is 1.16 bits per heavy atom. The van der Waals surface area contributed by atoms with Crippen LogP contribution < -0.4 is 15.8 Å². The molecule has 0 aromatic heterocycles. The van der Waals surface area contributed by atoms with E-state index in [-0.39, 0.29) is 22.3 Å². The molecule has 2 aromatic rings. The summed E-state index contributed by atoms with van der Waals surface area (Å²) >= 11 is 6.87. The van der Waals surface area contributed by atoms with Gasteiger partial charge in [-0.25, -0.2) is 0 Å². The average molecular weight is 474 g/mol. The zero-order valence-electron chi connectivity index (χ0n) is 17.3. The number of amides is 4. The first-order valence-corrected chi connectivity index (χ1v) is 10.7. The number of rotatable bonds is 7. The largest absolute Gasteiger partial charge is 0.482 e. The molecule has 4 amide bonds. The number of nitrogens with two attached hydrogens (primary N) is 1. The minimum absolute atomic E-state index is 0.163. The number of hydrogen-bond donors (Lipinski definition) is 2. The Morgan fingerprint density at radius 2 is 1.91 bits per heavy atom. The van der Waals surface area contributed by atoms with Gasteiger partial charge < -0.3 is 15.8 Å². The molecule has 1 aliphatic rings. The molecule has 1 fully saturated rings. The topological polar surface area (TPSA) is 119 Å². The third kappa shape index (κ3) is 5.68. The van der Waals surface area contributed by atoms with Crippen molar-refractivity contribution in [2.24, 2.45) is 5.73 Å². The monoisotopic (exact) mass is 473 g/mol. The van der Waals surface area contributed by atoms with Gasteiger partial charge in [0.05, 0.1) is 9.93 Å². The van der Waals surface area contributed by atoms with E-state index in [0.717, 1.165) is 27.8 Å². The van der Waals surface area contributed by atoms with Gasteiger partial charge in [-0.05, 0) is 72.6 Å². The van der Waals surface area contributed by atoms with Crippen LogP contribution in [0, 0.1) is 13.8 Å². The number of benzene rings is 2. The molecule has 0 spiro atoms. The molecule has 0 saturated carbocycles. The Labute approximate surface area is 193 Å². The van der Waals surface area contributed by atoms with Gasteiger partial charge in [0.2, 0.25) is 5.91 Å². The molecule has 1 heterocycles. The van der Waals surface area contributed by atoms with Crippen molar-refractivity contribution >= 4 is 58.1 Å². The van der Waals surface area contributed by atoms with Crippen LogP contribution >= 0.6 is 23.4 Å². The van der Waals surface area contributed by atoms with E-state index in [2.05, 4.69) is 5.32 Å². The van der Waals surface area contributed by atoms with Gasteiger partial charge >= 0.3 is 0 Å². The van der Waals surface area contributed by atoms with Crippen molar-refractivity contribution < 1.29 is 23.9 Å². The lowest BCUT2D eigenvalue weighted by Gasteiger charge is -2.13. The highest BCUT2D eigenvalue weighted by Crippen LogP contribution is 2.33. The van der Waals surface area contributed by atoms with Crippen LogP contribution in [0.25, 0.3) is 6.08 Å². The van der Waals surface area contributed by atoms with E-state index in [0.29, 0.717) is 11.3 Å². The van der Waals surface area contributed by atoms with Crippen molar-refractivity contribution in [1.82, 2.24) is 4.90 Å². The van der Waals surface area contributed by atoms with Gasteiger partial charge in [0.15, 0.2) is 6.61 Å². The number of nitrogens with zero attached hydrogens (tertiary/aromatic N) is 1. The summed E-state index contributed by atoms with van der Waals surface area (Å²) < 4.78 is 5.18. The molecule has 0 radical (unpaired) electrons. The maximum absolute atomic E-state index is 12.7. The molecule has 1 aliphatic heterocycles. The van der Waals surface area contributed by atoms with E-state index < -0.39 is 29.5 Å². The lowest BCUT2D eigenvalue weighted by atomic mass is 10.1. The van der Waals surface area contributed by atoms with Crippen LogP contribution in [0.1, 0.15) is 16.7 Å². The smallest absolute Gasteiger partial charge is 0.294 e. The van der Waals surface area contributed by atoms with Crippen LogP contribution in [0.5, 0.6) is 5.75 Å². The van der Waals surface area contributed by atoms with Crippen LogP contribution in [0.3, 0.4) is 0 Å². The summed E-state index contributed by atoms with van der Waals surface area (Å²) in [6.45, 7) is 3.18. The summed E-state index contributed by atoms with van der Waals surface area (Å²) in [4.78, 5) is 49.2. The zero-order valence-corrected chi connectivity index (χ0v) is 18.9. The highest BCUT2D eigenvalue weighted by atomic mass is 35.5. The number of nitrogens with one attached hydrogen (secondary N) is 1. The predicted octanol–water partition coefficient (Wildman–Crippen LogP) is 3.50. The number of thioether (sulfide) groups is 1.